The zero-order chi connectivity index (χ0) is 21.0. The third kappa shape index (κ3) is 5.04. The molecule has 0 fully saturated rings. The van der Waals surface area contributed by atoms with Crippen molar-refractivity contribution in [3.05, 3.63) is 83.1 Å². The Morgan fingerprint density at radius 2 is 1.66 bits per heavy atom. The maximum atomic E-state index is 13.0. The van der Waals surface area contributed by atoms with Crippen molar-refractivity contribution in [1.29, 1.82) is 0 Å². The van der Waals surface area contributed by atoms with Crippen molar-refractivity contribution in [2.45, 2.75) is 4.90 Å². The summed E-state index contributed by atoms with van der Waals surface area (Å²) in [6, 6.07) is 15.3. The van der Waals surface area contributed by atoms with E-state index in [9.17, 15) is 17.6 Å². The highest BCUT2D eigenvalue weighted by atomic mass is 35.5. The van der Waals surface area contributed by atoms with Gasteiger partial charge in [0.1, 0.15) is 11.6 Å². The fourth-order valence-electron chi connectivity index (χ4n) is 2.44. The Bertz CT molecular complexity index is 1130. The zero-order valence-electron chi connectivity index (χ0n) is 15.1. The van der Waals surface area contributed by atoms with Gasteiger partial charge in [-0.2, -0.15) is 0 Å². The Morgan fingerprint density at radius 1 is 1.00 bits per heavy atom. The first kappa shape index (κ1) is 20.6. The minimum Gasteiger partial charge on any atom is -0.497 e. The molecule has 0 bridgehead atoms. The molecular weight excluding hydrogens is 419 g/mol. The third-order valence-corrected chi connectivity index (χ3v) is 5.66. The molecule has 2 N–H and O–H groups in total. The van der Waals surface area contributed by atoms with E-state index in [4.69, 9.17) is 16.3 Å². The normalized spacial score (nSPS) is 11.0. The van der Waals surface area contributed by atoms with E-state index in [0.717, 1.165) is 24.3 Å². The van der Waals surface area contributed by atoms with Crippen molar-refractivity contribution >= 4 is 38.9 Å². The second-order valence-corrected chi connectivity index (χ2v) is 8.03. The van der Waals surface area contributed by atoms with Crippen LogP contribution in [0.5, 0.6) is 5.75 Å². The van der Waals surface area contributed by atoms with Crippen LogP contribution in [0, 0.1) is 5.82 Å². The monoisotopic (exact) mass is 434 g/mol. The number of carbonyl (C=O) groups excluding carboxylic acids is 1. The van der Waals surface area contributed by atoms with E-state index >= 15 is 0 Å². The van der Waals surface area contributed by atoms with E-state index in [0.29, 0.717) is 11.4 Å². The van der Waals surface area contributed by atoms with Crippen molar-refractivity contribution in [2.75, 3.05) is 17.1 Å². The first-order valence-corrected chi connectivity index (χ1v) is 10.2. The van der Waals surface area contributed by atoms with E-state index in [1.807, 2.05) is 0 Å². The number of anilines is 2. The minimum absolute atomic E-state index is 0.0263. The number of amides is 1. The molecule has 0 aromatic heterocycles. The molecule has 0 saturated heterocycles. The van der Waals surface area contributed by atoms with Crippen molar-refractivity contribution in [2.24, 2.45) is 0 Å². The number of methoxy groups -OCH3 is 1. The van der Waals surface area contributed by atoms with Crippen LogP contribution in [0.2, 0.25) is 5.02 Å². The summed E-state index contributed by atoms with van der Waals surface area (Å²) < 4.78 is 45.4. The maximum absolute atomic E-state index is 13.0. The van der Waals surface area contributed by atoms with Crippen LogP contribution in [0.25, 0.3) is 0 Å². The van der Waals surface area contributed by atoms with Gasteiger partial charge in [0.15, 0.2) is 0 Å². The van der Waals surface area contributed by atoms with Gasteiger partial charge in [-0.25, -0.2) is 12.8 Å². The molecule has 0 aliphatic rings. The first-order valence-electron chi connectivity index (χ1n) is 8.32. The summed E-state index contributed by atoms with van der Waals surface area (Å²) in [5, 5.41) is 2.81. The molecule has 0 spiro atoms. The fraction of sp³-hybridized carbons (Fsp3) is 0.0500. The number of benzene rings is 3. The lowest BCUT2D eigenvalue weighted by Gasteiger charge is -2.12. The van der Waals surface area contributed by atoms with Crippen LogP contribution in [-0.4, -0.2) is 21.4 Å². The summed E-state index contributed by atoms with van der Waals surface area (Å²) >= 11 is 6.08. The number of rotatable bonds is 6. The molecule has 150 valence electrons. The van der Waals surface area contributed by atoms with Gasteiger partial charge in [0.05, 0.1) is 22.7 Å². The van der Waals surface area contributed by atoms with Gasteiger partial charge in [-0.1, -0.05) is 11.6 Å². The highest BCUT2D eigenvalue weighted by molar-refractivity contribution is 7.92. The van der Waals surface area contributed by atoms with Gasteiger partial charge >= 0.3 is 0 Å². The molecule has 0 radical (unpaired) electrons. The smallest absolute Gasteiger partial charge is 0.261 e. The summed E-state index contributed by atoms with van der Waals surface area (Å²) in [6.45, 7) is 0. The van der Waals surface area contributed by atoms with E-state index in [1.165, 1.54) is 25.3 Å². The summed E-state index contributed by atoms with van der Waals surface area (Å²) in [7, 11) is -2.47. The van der Waals surface area contributed by atoms with Crippen LogP contribution in [-0.2, 0) is 10.0 Å². The van der Waals surface area contributed by atoms with Crippen LogP contribution in [0.3, 0.4) is 0 Å². The first-order chi connectivity index (χ1) is 13.8. The third-order valence-electron chi connectivity index (χ3n) is 3.94. The summed E-state index contributed by atoms with van der Waals surface area (Å²) in [4.78, 5) is 12.4. The Kier molecular flexibility index (Phi) is 6.05. The molecular formula is C20H16ClFN2O4S. The van der Waals surface area contributed by atoms with Crippen molar-refractivity contribution in [3.63, 3.8) is 0 Å². The van der Waals surface area contributed by atoms with Gasteiger partial charge in [-0.15, -0.1) is 0 Å². The van der Waals surface area contributed by atoms with Gasteiger partial charge in [-0.05, 0) is 66.7 Å². The Hall–Kier alpha value is -3.10. The molecule has 0 heterocycles. The molecule has 0 aliphatic carbocycles. The molecule has 9 heteroatoms. The molecule has 0 atom stereocenters. The van der Waals surface area contributed by atoms with Crippen molar-refractivity contribution in [1.82, 2.24) is 0 Å². The minimum atomic E-state index is -4.01. The summed E-state index contributed by atoms with van der Waals surface area (Å²) in [5.41, 5.74) is 0.764. The number of carbonyl (C=O) groups is 1. The summed E-state index contributed by atoms with van der Waals surface area (Å²) in [6.07, 6.45) is 0. The quantitative estimate of drug-likeness (QED) is 0.596. The van der Waals surface area contributed by atoms with E-state index < -0.39 is 21.7 Å². The second-order valence-electron chi connectivity index (χ2n) is 5.94. The average molecular weight is 435 g/mol. The molecule has 3 aromatic rings. The standard InChI is InChI=1S/C20H16ClFN2O4S/c1-28-16-7-5-15(6-8-16)23-20(25)13-2-11-18(21)19(12-13)24-29(26,27)17-9-3-14(22)4-10-17/h2-12,24H,1H3,(H,23,25). The molecule has 0 saturated carbocycles. The van der Waals surface area contributed by atoms with Crippen LogP contribution in [0.15, 0.2) is 71.6 Å². The zero-order valence-corrected chi connectivity index (χ0v) is 16.7. The number of halogens is 2. The molecule has 0 unspecified atom stereocenters. The molecule has 3 rings (SSSR count). The lowest BCUT2D eigenvalue weighted by Crippen LogP contribution is -2.15. The van der Waals surface area contributed by atoms with Gasteiger partial charge in [0.2, 0.25) is 0 Å². The Labute approximate surface area is 172 Å². The van der Waals surface area contributed by atoms with Gasteiger partial charge in [0, 0.05) is 11.3 Å². The molecule has 29 heavy (non-hydrogen) atoms. The second kappa shape index (κ2) is 8.50. The highest BCUT2D eigenvalue weighted by Gasteiger charge is 2.17. The maximum Gasteiger partial charge on any atom is 0.261 e. The predicted octanol–water partition coefficient (Wildman–Crippen LogP) is 4.54. The van der Waals surface area contributed by atoms with Gasteiger partial charge in [-0.3, -0.25) is 9.52 Å². The van der Waals surface area contributed by atoms with E-state index in [1.54, 1.807) is 24.3 Å². The van der Waals surface area contributed by atoms with Crippen molar-refractivity contribution < 1.29 is 22.3 Å². The average Bonchev–Trinajstić information content (AvgIpc) is 2.70. The Balaban J connectivity index is 1.81. The van der Waals surface area contributed by atoms with Crippen molar-refractivity contribution in [3.8, 4) is 5.75 Å². The highest BCUT2D eigenvalue weighted by Crippen LogP contribution is 2.26. The number of sulfonamides is 1. The van der Waals surface area contributed by atoms with Crippen LogP contribution >= 0.6 is 11.6 Å². The van der Waals surface area contributed by atoms with E-state index in [-0.39, 0.29) is 21.2 Å². The molecule has 0 aliphatic heterocycles. The topological polar surface area (TPSA) is 84.5 Å². The number of hydrogen-bond donors (Lipinski definition) is 2. The van der Waals surface area contributed by atoms with Crippen LogP contribution in [0.1, 0.15) is 10.4 Å². The van der Waals surface area contributed by atoms with Gasteiger partial charge in [0.25, 0.3) is 15.9 Å². The van der Waals surface area contributed by atoms with E-state index in [2.05, 4.69) is 10.0 Å². The molecule has 1 amide bonds. The SMILES string of the molecule is COc1ccc(NC(=O)c2ccc(Cl)c(NS(=O)(=O)c3ccc(F)cc3)c2)cc1. The number of ether oxygens (including phenoxy) is 1. The van der Waals surface area contributed by atoms with Crippen LogP contribution < -0.4 is 14.8 Å². The lowest BCUT2D eigenvalue weighted by atomic mass is 10.2. The van der Waals surface area contributed by atoms with Gasteiger partial charge < -0.3 is 10.1 Å². The predicted molar refractivity (Wildman–Crippen MR) is 110 cm³/mol. The summed E-state index contributed by atoms with van der Waals surface area (Å²) in [5.74, 6) is -0.361. The number of hydrogen-bond acceptors (Lipinski definition) is 4. The fourth-order valence-corrected chi connectivity index (χ4v) is 3.73. The Morgan fingerprint density at radius 3 is 2.28 bits per heavy atom. The lowest BCUT2D eigenvalue weighted by molar-refractivity contribution is 0.102. The largest absolute Gasteiger partial charge is 0.497 e. The molecule has 3 aromatic carbocycles. The van der Waals surface area contributed by atoms with Crippen LogP contribution in [0.4, 0.5) is 15.8 Å². The molecule has 6 nitrogen and oxygen atoms in total. The number of nitrogens with one attached hydrogen (secondary N) is 2.